The maximum Gasteiger partial charge on any atom is 0.184 e. The first-order chi connectivity index (χ1) is 4.33. The molecule has 0 aromatic carbocycles. The average molecular weight is 132 g/mol. The van der Waals surface area contributed by atoms with E-state index in [0.29, 0.717) is 0 Å². The predicted molar refractivity (Wildman–Crippen MR) is 33.7 cm³/mol. The molecule has 1 aliphatic heterocycles. The summed E-state index contributed by atoms with van der Waals surface area (Å²) in [5.74, 6) is 0. The molecule has 0 unspecified atom stereocenters. The summed E-state index contributed by atoms with van der Waals surface area (Å²) in [6.07, 6.45) is 0. The van der Waals surface area contributed by atoms with Crippen molar-refractivity contribution < 1.29 is 14.0 Å². The van der Waals surface area contributed by atoms with Gasteiger partial charge in [-0.25, -0.2) is 0 Å². The molecule has 54 valence electrons. The van der Waals surface area contributed by atoms with Crippen molar-refractivity contribution in [3.63, 3.8) is 0 Å². The van der Waals surface area contributed by atoms with E-state index in [1.807, 2.05) is 0 Å². The number of hydrogen-bond acceptors (Lipinski definition) is 2. The molecular weight excluding hydrogens is 118 g/mol. The highest BCUT2D eigenvalue weighted by molar-refractivity contribution is 4.48. The molecule has 0 amide bonds. The van der Waals surface area contributed by atoms with Gasteiger partial charge in [-0.05, 0) is 0 Å². The van der Waals surface area contributed by atoms with Crippen LogP contribution in [-0.4, -0.2) is 45.3 Å². The highest BCUT2D eigenvalue weighted by Crippen LogP contribution is 2.19. The Balaban J connectivity index is 2.17. The second-order valence-corrected chi connectivity index (χ2v) is 2.62. The molecule has 9 heavy (non-hydrogen) atoms. The summed E-state index contributed by atoms with van der Waals surface area (Å²) >= 11 is 0. The second kappa shape index (κ2) is 2.64. The Kier molecular flexibility index (Phi) is 2.05. The van der Waals surface area contributed by atoms with Crippen molar-refractivity contribution in [3.8, 4) is 0 Å². The Morgan fingerprint density at radius 3 is 1.78 bits per heavy atom. The van der Waals surface area contributed by atoms with Gasteiger partial charge in [-0.1, -0.05) is 0 Å². The number of nitrogens with zero attached hydrogens (tertiary/aromatic N) is 1. The van der Waals surface area contributed by atoms with Gasteiger partial charge < -0.3 is 9.47 Å². The lowest BCUT2D eigenvalue weighted by Gasteiger charge is -2.14. The first-order valence-electron chi connectivity index (χ1n) is 3.16. The standard InChI is InChI=1S/C6H14NO2/c1-8-5-7(3-4-7)6-9-2/h3-6H2,1-2H3/q+1. The molecule has 0 saturated carbocycles. The van der Waals surface area contributed by atoms with Crippen LogP contribution in [0.25, 0.3) is 0 Å². The lowest BCUT2D eigenvalue weighted by atomic mass is 10.9. The van der Waals surface area contributed by atoms with E-state index in [9.17, 15) is 0 Å². The summed E-state index contributed by atoms with van der Waals surface area (Å²) in [5.41, 5.74) is 0. The Hall–Kier alpha value is -0.120. The molecule has 1 heterocycles. The molecule has 0 bridgehead atoms. The van der Waals surface area contributed by atoms with Crippen LogP contribution in [0.3, 0.4) is 0 Å². The molecule has 1 rings (SSSR count). The van der Waals surface area contributed by atoms with Gasteiger partial charge in [-0.2, -0.15) is 0 Å². The lowest BCUT2D eigenvalue weighted by Crippen LogP contribution is -2.30. The maximum absolute atomic E-state index is 5.01. The largest absolute Gasteiger partial charge is 0.335 e. The van der Waals surface area contributed by atoms with E-state index < -0.39 is 0 Å². The van der Waals surface area contributed by atoms with Gasteiger partial charge in [0.05, 0.1) is 0 Å². The summed E-state index contributed by atoms with van der Waals surface area (Å²) in [7, 11) is 3.46. The highest BCUT2D eigenvalue weighted by atomic mass is 16.5. The molecule has 0 radical (unpaired) electrons. The van der Waals surface area contributed by atoms with Crippen molar-refractivity contribution >= 4 is 0 Å². The van der Waals surface area contributed by atoms with Crippen LogP contribution in [0.15, 0.2) is 0 Å². The Labute approximate surface area is 55.8 Å². The van der Waals surface area contributed by atoms with Crippen LogP contribution in [0.5, 0.6) is 0 Å². The fourth-order valence-corrected chi connectivity index (χ4v) is 0.985. The lowest BCUT2D eigenvalue weighted by molar-refractivity contribution is -0.843. The smallest absolute Gasteiger partial charge is 0.184 e. The third kappa shape index (κ3) is 1.64. The van der Waals surface area contributed by atoms with Crippen LogP contribution < -0.4 is 0 Å². The fourth-order valence-electron chi connectivity index (χ4n) is 0.985. The van der Waals surface area contributed by atoms with E-state index in [-0.39, 0.29) is 0 Å². The summed E-state index contributed by atoms with van der Waals surface area (Å²) in [6, 6.07) is 0. The van der Waals surface area contributed by atoms with E-state index >= 15 is 0 Å². The molecule has 0 spiro atoms. The van der Waals surface area contributed by atoms with Crippen molar-refractivity contribution in [2.45, 2.75) is 0 Å². The van der Waals surface area contributed by atoms with Crippen molar-refractivity contribution in [3.05, 3.63) is 0 Å². The highest BCUT2D eigenvalue weighted by Gasteiger charge is 2.41. The third-order valence-electron chi connectivity index (χ3n) is 1.66. The summed E-state index contributed by atoms with van der Waals surface area (Å²) in [6.45, 7) is 4.02. The number of ether oxygens (including phenoxy) is 2. The normalized spacial score (nSPS) is 22.0. The van der Waals surface area contributed by atoms with Gasteiger partial charge in [0.1, 0.15) is 13.1 Å². The van der Waals surface area contributed by atoms with Crippen LogP contribution in [0, 0.1) is 0 Å². The molecule has 0 aromatic heterocycles. The third-order valence-corrected chi connectivity index (χ3v) is 1.66. The molecule has 0 atom stereocenters. The number of rotatable bonds is 4. The summed E-state index contributed by atoms with van der Waals surface area (Å²) in [4.78, 5) is 0. The first-order valence-corrected chi connectivity index (χ1v) is 3.16. The number of quaternary nitrogens is 1. The molecule has 3 nitrogen and oxygen atoms in total. The van der Waals surface area contributed by atoms with Crippen LogP contribution in [-0.2, 0) is 9.47 Å². The zero-order chi connectivity index (χ0) is 6.74. The van der Waals surface area contributed by atoms with Crippen molar-refractivity contribution in [2.75, 3.05) is 40.8 Å². The molecule has 0 aliphatic carbocycles. The molecular formula is C6H14NO2+. The number of hydrogen-bond donors (Lipinski definition) is 0. The topological polar surface area (TPSA) is 18.5 Å². The molecule has 3 heteroatoms. The minimum Gasteiger partial charge on any atom is -0.335 e. The zero-order valence-electron chi connectivity index (χ0n) is 6.09. The number of methoxy groups -OCH3 is 2. The average Bonchev–Trinajstić information content (AvgIpc) is 2.51. The molecule has 0 aromatic rings. The Bertz CT molecular complexity index is 83.1. The molecule has 1 saturated heterocycles. The predicted octanol–water partition coefficient (Wildman–Crippen LogP) is 0.0246. The molecule has 0 N–H and O–H groups in total. The first kappa shape index (κ1) is 6.99. The van der Waals surface area contributed by atoms with Gasteiger partial charge in [-0.3, -0.25) is 4.48 Å². The monoisotopic (exact) mass is 132 g/mol. The van der Waals surface area contributed by atoms with Gasteiger partial charge in [0, 0.05) is 14.2 Å². The van der Waals surface area contributed by atoms with E-state index in [2.05, 4.69) is 0 Å². The van der Waals surface area contributed by atoms with Crippen LogP contribution >= 0.6 is 0 Å². The Morgan fingerprint density at radius 1 is 1.11 bits per heavy atom. The van der Waals surface area contributed by atoms with Gasteiger partial charge in [0.2, 0.25) is 0 Å². The quantitative estimate of drug-likeness (QED) is 0.397. The van der Waals surface area contributed by atoms with Crippen molar-refractivity contribution in [2.24, 2.45) is 0 Å². The van der Waals surface area contributed by atoms with E-state index in [0.717, 1.165) is 17.9 Å². The van der Waals surface area contributed by atoms with Crippen molar-refractivity contribution in [1.29, 1.82) is 0 Å². The minimum atomic E-state index is 0.799. The SMILES string of the molecule is COC[N+]1(COC)CC1. The second-order valence-electron chi connectivity index (χ2n) is 2.62. The van der Waals surface area contributed by atoms with Crippen molar-refractivity contribution in [1.82, 2.24) is 0 Å². The fraction of sp³-hybridized carbons (Fsp3) is 1.00. The van der Waals surface area contributed by atoms with Gasteiger partial charge in [0.15, 0.2) is 13.5 Å². The van der Waals surface area contributed by atoms with Gasteiger partial charge >= 0.3 is 0 Å². The van der Waals surface area contributed by atoms with E-state index in [1.54, 1.807) is 14.2 Å². The van der Waals surface area contributed by atoms with E-state index in [1.165, 1.54) is 13.1 Å². The van der Waals surface area contributed by atoms with Crippen LogP contribution in [0.2, 0.25) is 0 Å². The maximum atomic E-state index is 5.01. The molecule has 1 aliphatic rings. The summed E-state index contributed by atoms with van der Waals surface area (Å²) in [5, 5.41) is 0. The van der Waals surface area contributed by atoms with Crippen LogP contribution in [0.1, 0.15) is 0 Å². The van der Waals surface area contributed by atoms with Gasteiger partial charge in [0.25, 0.3) is 0 Å². The minimum absolute atomic E-state index is 0.799. The van der Waals surface area contributed by atoms with E-state index in [4.69, 9.17) is 9.47 Å². The Morgan fingerprint density at radius 2 is 1.56 bits per heavy atom. The zero-order valence-corrected chi connectivity index (χ0v) is 6.09. The van der Waals surface area contributed by atoms with Gasteiger partial charge in [-0.15, -0.1) is 0 Å². The molecule has 1 fully saturated rings. The summed E-state index contributed by atoms with van der Waals surface area (Å²) < 4.78 is 11.0. The van der Waals surface area contributed by atoms with Crippen LogP contribution in [0.4, 0.5) is 0 Å².